The quantitative estimate of drug-likeness (QED) is 0.215. The number of carbonyl (C=O) groups excluding carboxylic acids is 1. The number of carboxylic acid groups (broad SMARTS) is 1. The number of anilines is 1. The number of rotatable bonds is 11. The van der Waals surface area contributed by atoms with Crippen molar-refractivity contribution in [1.29, 1.82) is 0 Å². The molecule has 4 heterocycles. The summed E-state index contributed by atoms with van der Waals surface area (Å²) in [5.74, 6) is -1.76. The predicted molar refractivity (Wildman–Crippen MR) is 158 cm³/mol. The minimum atomic E-state index is -1.05. The number of benzene rings is 1. The van der Waals surface area contributed by atoms with E-state index >= 15 is 4.39 Å². The molecule has 12 heteroatoms. The number of carboxylic acids is 1. The summed E-state index contributed by atoms with van der Waals surface area (Å²) in [4.78, 5) is 36.4. The van der Waals surface area contributed by atoms with Crippen molar-refractivity contribution < 1.29 is 33.0 Å². The Labute approximate surface area is 251 Å². The van der Waals surface area contributed by atoms with Gasteiger partial charge in [-0.25, -0.2) is 14.4 Å². The fourth-order valence-corrected chi connectivity index (χ4v) is 6.70. The van der Waals surface area contributed by atoms with Crippen LogP contribution < -0.4 is 9.64 Å². The van der Waals surface area contributed by atoms with Gasteiger partial charge in [-0.2, -0.15) is 4.39 Å². The van der Waals surface area contributed by atoms with Gasteiger partial charge in [-0.05, 0) is 73.9 Å². The molecule has 1 saturated carbocycles. The molecule has 43 heavy (non-hydrogen) atoms. The Bertz CT molecular complexity index is 1650. The third-order valence-electron chi connectivity index (χ3n) is 8.14. The average Bonchev–Trinajstić information content (AvgIpc) is 3.66. The maximum absolute atomic E-state index is 15.8. The number of carbonyl (C=O) groups is 2. The zero-order valence-corrected chi connectivity index (χ0v) is 24.5. The van der Waals surface area contributed by atoms with Gasteiger partial charge in [0.2, 0.25) is 17.9 Å². The molecule has 1 amide bonds. The summed E-state index contributed by atoms with van der Waals surface area (Å²) >= 11 is 0.751. The highest BCUT2D eigenvalue weighted by Crippen LogP contribution is 2.43. The number of pyridine rings is 1. The van der Waals surface area contributed by atoms with Crippen molar-refractivity contribution >= 4 is 39.4 Å². The van der Waals surface area contributed by atoms with Gasteiger partial charge in [0.25, 0.3) is 0 Å². The summed E-state index contributed by atoms with van der Waals surface area (Å²) in [5, 5.41) is 10.1. The number of nitrogens with zero attached hydrogens (tertiary/aromatic N) is 4. The van der Waals surface area contributed by atoms with Crippen molar-refractivity contribution in [2.45, 2.75) is 44.6 Å². The van der Waals surface area contributed by atoms with Crippen LogP contribution in [0.5, 0.6) is 5.75 Å². The summed E-state index contributed by atoms with van der Waals surface area (Å²) < 4.78 is 41.4. The number of aryl methyl sites for hydroxylation is 1. The van der Waals surface area contributed by atoms with E-state index in [1.54, 1.807) is 18.3 Å². The van der Waals surface area contributed by atoms with Gasteiger partial charge >= 0.3 is 5.97 Å². The molecule has 1 N–H and O–H groups in total. The highest BCUT2D eigenvalue weighted by atomic mass is 32.1. The van der Waals surface area contributed by atoms with Gasteiger partial charge in [-0.1, -0.05) is 11.3 Å². The molecule has 0 radical (unpaired) electrons. The minimum Gasteiger partial charge on any atom is -0.481 e. The van der Waals surface area contributed by atoms with Crippen molar-refractivity contribution in [3.63, 3.8) is 0 Å². The molecule has 0 spiro atoms. The number of alkyl halides is 1. The number of hydrogen-bond donors (Lipinski definition) is 1. The predicted octanol–water partition coefficient (Wildman–Crippen LogP) is 6.21. The first-order chi connectivity index (χ1) is 20.8. The Morgan fingerprint density at radius 1 is 1.19 bits per heavy atom. The van der Waals surface area contributed by atoms with Gasteiger partial charge in [0, 0.05) is 61.1 Å². The number of hydrogen-bond acceptors (Lipinski definition) is 7. The smallest absolute Gasteiger partial charge is 0.304 e. The largest absolute Gasteiger partial charge is 0.481 e. The summed E-state index contributed by atoms with van der Waals surface area (Å²) in [6, 6.07) is 8.56. The fraction of sp³-hybridized carbons (Fsp3) is 0.419. The lowest BCUT2D eigenvalue weighted by Gasteiger charge is -2.29. The van der Waals surface area contributed by atoms with Crippen molar-refractivity contribution in [3.8, 4) is 28.1 Å². The summed E-state index contributed by atoms with van der Waals surface area (Å²) in [6.07, 6.45) is 6.71. The van der Waals surface area contributed by atoms with E-state index in [1.165, 1.54) is 11.0 Å². The Morgan fingerprint density at radius 2 is 1.98 bits per heavy atom. The molecular formula is C31H32F2N4O5S. The Morgan fingerprint density at radius 3 is 2.70 bits per heavy atom. The molecule has 0 unspecified atom stereocenters. The molecule has 6 rings (SSSR count). The first-order valence-corrected chi connectivity index (χ1v) is 15.2. The third kappa shape index (κ3) is 6.25. The Hall–Kier alpha value is -3.90. The van der Waals surface area contributed by atoms with Crippen molar-refractivity contribution in [2.24, 2.45) is 18.9 Å². The van der Waals surface area contributed by atoms with Crippen LogP contribution in [0.15, 0.2) is 42.7 Å². The average molecular weight is 611 g/mol. The van der Waals surface area contributed by atoms with Gasteiger partial charge in [0.15, 0.2) is 5.13 Å². The molecule has 1 aromatic carbocycles. The maximum Gasteiger partial charge on any atom is 0.304 e. The van der Waals surface area contributed by atoms with Crippen LogP contribution in [0, 0.1) is 17.0 Å². The van der Waals surface area contributed by atoms with E-state index in [1.807, 2.05) is 29.9 Å². The van der Waals surface area contributed by atoms with Crippen LogP contribution in [-0.2, 0) is 21.4 Å². The van der Waals surface area contributed by atoms with E-state index in [0.717, 1.165) is 48.1 Å². The molecule has 0 bridgehead atoms. The number of halogens is 2. The number of aliphatic carboxylic acids is 1. The highest BCUT2D eigenvalue weighted by Gasteiger charge is 2.40. The molecule has 9 nitrogen and oxygen atoms in total. The van der Waals surface area contributed by atoms with Crippen molar-refractivity contribution in [2.75, 3.05) is 25.0 Å². The number of thiazole rings is 1. The van der Waals surface area contributed by atoms with E-state index in [9.17, 15) is 19.1 Å². The van der Waals surface area contributed by atoms with Gasteiger partial charge in [0.1, 0.15) is 17.1 Å². The number of ether oxygens (including phenoxy) is 2. The lowest BCUT2D eigenvalue weighted by molar-refractivity contribution is -0.141. The molecule has 2 aliphatic rings. The topological polar surface area (TPSA) is 107 Å². The second-order valence-electron chi connectivity index (χ2n) is 11.2. The Balaban J connectivity index is 1.38. The third-order valence-corrected chi connectivity index (χ3v) is 8.99. The molecule has 1 aliphatic carbocycles. The van der Waals surface area contributed by atoms with Crippen LogP contribution in [0.2, 0.25) is 0 Å². The second kappa shape index (κ2) is 12.4. The van der Waals surface area contributed by atoms with Crippen LogP contribution >= 0.6 is 11.3 Å². The van der Waals surface area contributed by atoms with Crippen molar-refractivity contribution in [3.05, 3.63) is 47.9 Å². The molecule has 1 aliphatic heterocycles. The van der Waals surface area contributed by atoms with Crippen LogP contribution in [0.1, 0.15) is 38.5 Å². The SMILES string of the molecule is Cn1ccc2cc(-c3ccc(OCF)cc3-c3nc(N(C(=O)[C@@H](CC(=O)O)CC4CCOCC4)C4CC4)sc3F)cnc21. The first kappa shape index (κ1) is 29.2. The van der Waals surface area contributed by atoms with Gasteiger partial charge in [-0.15, -0.1) is 0 Å². The lowest BCUT2D eigenvalue weighted by atomic mass is 9.86. The van der Waals surface area contributed by atoms with Gasteiger partial charge in [0.05, 0.1) is 6.42 Å². The molecule has 1 atom stereocenters. The zero-order chi connectivity index (χ0) is 30.1. The number of amides is 1. The monoisotopic (exact) mass is 610 g/mol. The second-order valence-corrected chi connectivity index (χ2v) is 12.1. The van der Waals surface area contributed by atoms with Crippen LogP contribution in [0.25, 0.3) is 33.4 Å². The summed E-state index contributed by atoms with van der Waals surface area (Å²) in [6.45, 7) is 0.127. The molecule has 2 fully saturated rings. The number of fused-ring (bicyclic) bond motifs is 1. The molecular weight excluding hydrogens is 578 g/mol. The van der Waals surface area contributed by atoms with E-state index < -0.39 is 23.9 Å². The van der Waals surface area contributed by atoms with Gasteiger partial charge < -0.3 is 19.1 Å². The molecule has 226 valence electrons. The maximum atomic E-state index is 15.8. The fourth-order valence-electron chi connectivity index (χ4n) is 5.81. The zero-order valence-electron chi connectivity index (χ0n) is 23.7. The van der Waals surface area contributed by atoms with E-state index in [4.69, 9.17) is 9.47 Å². The molecule has 1 saturated heterocycles. The lowest BCUT2D eigenvalue weighted by Crippen LogP contribution is -2.40. The number of aromatic nitrogens is 3. The van der Waals surface area contributed by atoms with Crippen LogP contribution in [0.3, 0.4) is 0 Å². The van der Waals surface area contributed by atoms with Crippen LogP contribution in [-0.4, -0.2) is 57.6 Å². The van der Waals surface area contributed by atoms with Crippen molar-refractivity contribution in [1.82, 2.24) is 14.5 Å². The van der Waals surface area contributed by atoms with E-state index in [0.29, 0.717) is 36.3 Å². The highest BCUT2D eigenvalue weighted by molar-refractivity contribution is 7.14. The Kier molecular flexibility index (Phi) is 8.40. The van der Waals surface area contributed by atoms with Gasteiger partial charge in [-0.3, -0.25) is 14.5 Å². The summed E-state index contributed by atoms with van der Waals surface area (Å²) in [5.41, 5.74) is 2.50. The molecule has 4 aromatic rings. The molecule has 3 aromatic heterocycles. The van der Waals surface area contributed by atoms with E-state index in [-0.39, 0.29) is 40.9 Å². The summed E-state index contributed by atoms with van der Waals surface area (Å²) in [7, 11) is 1.90. The normalized spacial score (nSPS) is 16.3. The first-order valence-electron chi connectivity index (χ1n) is 14.4. The van der Waals surface area contributed by atoms with Crippen LogP contribution in [0.4, 0.5) is 13.9 Å². The standard InChI is InChI=1S/C31H32F2N4O5S/c1-36-9-6-19-13-21(16-34-29(19)36)24-5-4-23(42-17-32)15-25(24)27-28(33)43-31(35-27)37(22-2-3-22)30(40)20(14-26(38)39)12-18-7-10-41-11-8-18/h4-6,9,13,15-16,18,20,22H,2-3,7-8,10-12,14,17H2,1H3,(H,38,39)/t20-/m1/s1. The van der Waals surface area contributed by atoms with E-state index in [2.05, 4.69) is 9.97 Å². The minimum absolute atomic E-state index is 0.00475.